The number of aliphatic hydroxyl groups excluding tert-OH is 1. The first-order chi connectivity index (χ1) is 8.58. The normalized spacial score (nSPS) is 26.9. The fourth-order valence-electron chi connectivity index (χ4n) is 2.83. The molecule has 1 aliphatic rings. The molecule has 0 aromatic carbocycles. The van der Waals surface area contributed by atoms with Gasteiger partial charge in [-0.2, -0.15) is 0 Å². The van der Waals surface area contributed by atoms with Crippen LogP contribution in [-0.2, 0) is 0 Å². The van der Waals surface area contributed by atoms with Crippen molar-refractivity contribution in [2.24, 2.45) is 0 Å². The van der Waals surface area contributed by atoms with Crippen LogP contribution in [0.15, 0.2) is 0 Å². The number of nitrogens with one attached hydrogen (secondary N) is 1. The molecule has 4 heteroatoms. The number of hydrogen-bond donors (Lipinski definition) is 2. The second-order valence-corrected chi connectivity index (χ2v) is 6.78. The van der Waals surface area contributed by atoms with E-state index in [0.29, 0.717) is 0 Å². The van der Waals surface area contributed by atoms with Gasteiger partial charge in [-0.15, -0.1) is 11.3 Å². The molecule has 1 aromatic heterocycles. The molecule has 0 aliphatic heterocycles. The molecule has 0 amide bonds. The zero-order valence-corrected chi connectivity index (χ0v) is 12.4. The Morgan fingerprint density at radius 1 is 1.28 bits per heavy atom. The summed E-state index contributed by atoms with van der Waals surface area (Å²) in [5, 5.41) is 14.8. The first-order valence-electron chi connectivity index (χ1n) is 6.96. The van der Waals surface area contributed by atoms with Gasteiger partial charge in [0.25, 0.3) is 0 Å². The lowest BCUT2D eigenvalue weighted by Crippen LogP contribution is -2.40. The monoisotopic (exact) mass is 268 g/mol. The Bertz CT molecular complexity index is 391. The van der Waals surface area contributed by atoms with Crippen molar-refractivity contribution < 1.29 is 5.11 Å². The topological polar surface area (TPSA) is 45.2 Å². The van der Waals surface area contributed by atoms with Crippen molar-refractivity contribution in [3.05, 3.63) is 15.6 Å². The maximum atomic E-state index is 10.1. The Balaban J connectivity index is 2.01. The van der Waals surface area contributed by atoms with Gasteiger partial charge in [0.15, 0.2) is 0 Å². The van der Waals surface area contributed by atoms with Gasteiger partial charge in [-0.1, -0.05) is 19.3 Å². The SMILES string of the molecule is Cc1nc(C(C)NC2CCCCCC2O)c(C)s1. The van der Waals surface area contributed by atoms with Crippen LogP contribution >= 0.6 is 11.3 Å². The third-order valence-electron chi connectivity index (χ3n) is 3.79. The lowest BCUT2D eigenvalue weighted by atomic mass is 10.0. The van der Waals surface area contributed by atoms with E-state index in [0.717, 1.165) is 30.0 Å². The van der Waals surface area contributed by atoms with Crippen LogP contribution in [0.1, 0.15) is 60.6 Å². The third-order valence-corrected chi connectivity index (χ3v) is 4.70. The highest BCUT2D eigenvalue weighted by molar-refractivity contribution is 7.11. The van der Waals surface area contributed by atoms with Crippen molar-refractivity contribution in [1.29, 1.82) is 0 Å². The van der Waals surface area contributed by atoms with Crippen LogP contribution < -0.4 is 5.32 Å². The molecule has 18 heavy (non-hydrogen) atoms. The predicted molar refractivity (Wildman–Crippen MR) is 76.0 cm³/mol. The van der Waals surface area contributed by atoms with E-state index in [1.165, 1.54) is 17.7 Å². The van der Waals surface area contributed by atoms with E-state index in [2.05, 4.69) is 24.1 Å². The average Bonchev–Trinajstić information content (AvgIpc) is 2.52. The van der Waals surface area contributed by atoms with Crippen LogP contribution in [0.3, 0.4) is 0 Å². The van der Waals surface area contributed by atoms with Crippen LogP contribution in [0, 0.1) is 13.8 Å². The lowest BCUT2D eigenvalue weighted by molar-refractivity contribution is 0.114. The van der Waals surface area contributed by atoms with E-state index in [1.54, 1.807) is 11.3 Å². The largest absolute Gasteiger partial charge is 0.392 e. The van der Waals surface area contributed by atoms with E-state index in [9.17, 15) is 5.11 Å². The molecule has 3 unspecified atom stereocenters. The molecule has 1 aliphatic carbocycles. The standard InChI is InChI=1S/C14H24N2OS/c1-9(14-10(2)18-11(3)16-14)15-12-7-5-4-6-8-13(12)17/h9,12-13,15,17H,4-8H2,1-3H3. The van der Waals surface area contributed by atoms with Crippen LogP contribution in [0.2, 0.25) is 0 Å². The minimum absolute atomic E-state index is 0.199. The van der Waals surface area contributed by atoms with Crippen molar-refractivity contribution in [2.75, 3.05) is 0 Å². The number of aliphatic hydroxyl groups is 1. The molecule has 1 aromatic rings. The number of rotatable bonds is 3. The summed E-state index contributed by atoms with van der Waals surface area (Å²) < 4.78 is 0. The third kappa shape index (κ3) is 3.31. The summed E-state index contributed by atoms with van der Waals surface area (Å²) in [5.74, 6) is 0. The fraction of sp³-hybridized carbons (Fsp3) is 0.786. The zero-order chi connectivity index (χ0) is 13.1. The molecule has 0 bridgehead atoms. The molecular weight excluding hydrogens is 244 g/mol. The highest BCUT2D eigenvalue weighted by Crippen LogP contribution is 2.25. The Kier molecular flexibility index (Phi) is 4.76. The van der Waals surface area contributed by atoms with Crippen molar-refractivity contribution >= 4 is 11.3 Å². The van der Waals surface area contributed by atoms with Gasteiger partial charge in [0.05, 0.1) is 16.8 Å². The first-order valence-corrected chi connectivity index (χ1v) is 7.77. The molecule has 3 nitrogen and oxygen atoms in total. The fourth-order valence-corrected chi connectivity index (χ4v) is 3.74. The minimum Gasteiger partial charge on any atom is -0.392 e. The molecule has 102 valence electrons. The van der Waals surface area contributed by atoms with E-state index in [1.807, 2.05) is 6.92 Å². The summed E-state index contributed by atoms with van der Waals surface area (Å²) in [6, 6.07) is 0.455. The van der Waals surface area contributed by atoms with Gasteiger partial charge >= 0.3 is 0 Å². The average molecular weight is 268 g/mol. The summed E-state index contributed by atoms with van der Waals surface area (Å²) in [5.41, 5.74) is 1.15. The minimum atomic E-state index is -0.199. The number of thiazole rings is 1. The van der Waals surface area contributed by atoms with Gasteiger partial charge in [0.2, 0.25) is 0 Å². The molecule has 0 saturated heterocycles. The number of aromatic nitrogens is 1. The maximum absolute atomic E-state index is 10.1. The zero-order valence-electron chi connectivity index (χ0n) is 11.6. The van der Waals surface area contributed by atoms with Gasteiger partial charge in [0.1, 0.15) is 0 Å². The quantitative estimate of drug-likeness (QED) is 0.828. The van der Waals surface area contributed by atoms with Gasteiger partial charge in [0, 0.05) is 17.0 Å². The van der Waals surface area contributed by atoms with E-state index in [4.69, 9.17) is 0 Å². The summed E-state index contributed by atoms with van der Waals surface area (Å²) >= 11 is 1.75. The smallest absolute Gasteiger partial charge is 0.0900 e. The Morgan fingerprint density at radius 2 is 2.00 bits per heavy atom. The van der Waals surface area contributed by atoms with Crippen LogP contribution in [0.4, 0.5) is 0 Å². The second-order valence-electron chi connectivity index (χ2n) is 5.37. The summed E-state index contributed by atoms with van der Waals surface area (Å²) in [6.45, 7) is 6.33. The highest BCUT2D eigenvalue weighted by Gasteiger charge is 2.24. The van der Waals surface area contributed by atoms with Crippen LogP contribution in [0.25, 0.3) is 0 Å². The highest BCUT2D eigenvalue weighted by atomic mass is 32.1. The molecule has 3 atom stereocenters. The Hall–Kier alpha value is -0.450. The molecule has 2 N–H and O–H groups in total. The molecule has 1 saturated carbocycles. The molecule has 1 heterocycles. The van der Waals surface area contributed by atoms with Crippen LogP contribution in [0.5, 0.6) is 0 Å². The van der Waals surface area contributed by atoms with Crippen molar-refractivity contribution in [1.82, 2.24) is 10.3 Å². The van der Waals surface area contributed by atoms with Gasteiger partial charge in [-0.25, -0.2) is 4.98 Å². The number of nitrogens with zero attached hydrogens (tertiary/aromatic N) is 1. The first kappa shape index (κ1) is 14.0. The van der Waals surface area contributed by atoms with Crippen molar-refractivity contribution in [2.45, 2.75) is 71.1 Å². The predicted octanol–water partition coefficient (Wildman–Crippen LogP) is 3.10. The van der Waals surface area contributed by atoms with Gasteiger partial charge < -0.3 is 10.4 Å². The van der Waals surface area contributed by atoms with E-state index < -0.39 is 0 Å². The van der Waals surface area contributed by atoms with Gasteiger partial charge in [-0.3, -0.25) is 0 Å². The van der Waals surface area contributed by atoms with Gasteiger partial charge in [-0.05, 0) is 33.6 Å². The second kappa shape index (κ2) is 6.13. The van der Waals surface area contributed by atoms with Crippen LogP contribution in [-0.4, -0.2) is 22.2 Å². The molecular formula is C14H24N2OS. The summed E-state index contributed by atoms with van der Waals surface area (Å²) in [6.07, 6.45) is 5.43. The lowest BCUT2D eigenvalue weighted by Gasteiger charge is -2.25. The maximum Gasteiger partial charge on any atom is 0.0900 e. The van der Waals surface area contributed by atoms with E-state index >= 15 is 0 Å². The molecule has 0 radical (unpaired) electrons. The van der Waals surface area contributed by atoms with Crippen molar-refractivity contribution in [3.8, 4) is 0 Å². The molecule has 1 fully saturated rings. The Morgan fingerprint density at radius 3 is 2.67 bits per heavy atom. The number of hydrogen-bond acceptors (Lipinski definition) is 4. The van der Waals surface area contributed by atoms with E-state index in [-0.39, 0.29) is 18.2 Å². The summed E-state index contributed by atoms with van der Waals surface area (Å²) in [7, 11) is 0. The molecule has 0 spiro atoms. The molecule has 2 rings (SSSR count). The number of aryl methyl sites for hydroxylation is 2. The summed E-state index contributed by atoms with van der Waals surface area (Å²) in [4.78, 5) is 5.89. The Labute approximate surface area is 114 Å². The van der Waals surface area contributed by atoms with Crippen molar-refractivity contribution in [3.63, 3.8) is 0 Å².